The maximum Gasteiger partial charge on any atom is 0.335 e. The fourth-order valence-corrected chi connectivity index (χ4v) is 1.48. The molecule has 0 saturated heterocycles. The lowest BCUT2D eigenvalue weighted by atomic mass is 10.1. The van der Waals surface area contributed by atoms with Crippen molar-refractivity contribution in [1.82, 2.24) is 5.32 Å². The Hall–Kier alpha value is -0.270. The molecular weight excluding hydrogens is 161 g/mol. The SMILES string of the molecule is CNC(CC[P+](C)=O)C(C)=O. The van der Waals surface area contributed by atoms with Gasteiger partial charge >= 0.3 is 7.80 Å². The maximum absolute atomic E-state index is 10.8. The fraction of sp³-hybridized carbons (Fsp3) is 0.857. The third-order valence-electron chi connectivity index (χ3n) is 1.57. The minimum atomic E-state index is -1.11. The van der Waals surface area contributed by atoms with Crippen LogP contribution in [-0.2, 0) is 9.36 Å². The molecule has 0 aromatic heterocycles. The van der Waals surface area contributed by atoms with Gasteiger partial charge in [0.25, 0.3) is 0 Å². The summed E-state index contributed by atoms with van der Waals surface area (Å²) in [6.45, 7) is 3.23. The number of carbonyl (C=O) groups is 1. The van der Waals surface area contributed by atoms with Crippen molar-refractivity contribution in [2.24, 2.45) is 0 Å². The number of Topliss-reactive ketones (excluding diaryl/α,β-unsaturated/α-hetero) is 1. The van der Waals surface area contributed by atoms with Gasteiger partial charge in [-0.1, -0.05) is 4.57 Å². The van der Waals surface area contributed by atoms with Crippen LogP contribution in [0, 0.1) is 0 Å². The Kier molecular flexibility index (Phi) is 5.26. The van der Waals surface area contributed by atoms with Crippen molar-refractivity contribution in [2.45, 2.75) is 19.4 Å². The lowest BCUT2D eigenvalue weighted by molar-refractivity contribution is -0.118. The van der Waals surface area contributed by atoms with Crippen molar-refractivity contribution in [1.29, 1.82) is 0 Å². The summed E-state index contributed by atoms with van der Waals surface area (Å²) in [5, 5.41) is 2.88. The fourth-order valence-electron chi connectivity index (χ4n) is 0.862. The summed E-state index contributed by atoms with van der Waals surface area (Å²) in [6, 6.07) is -0.117. The predicted octanol–water partition coefficient (Wildman–Crippen LogP) is 1.01. The van der Waals surface area contributed by atoms with Crippen LogP contribution in [0.2, 0.25) is 0 Å². The monoisotopic (exact) mass is 176 g/mol. The molecule has 2 unspecified atom stereocenters. The number of rotatable bonds is 5. The van der Waals surface area contributed by atoms with Crippen molar-refractivity contribution in [2.75, 3.05) is 19.9 Å². The Balaban J connectivity index is 3.70. The quantitative estimate of drug-likeness (QED) is 0.636. The van der Waals surface area contributed by atoms with E-state index in [2.05, 4.69) is 5.32 Å². The molecule has 0 radical (unpaired) electrons. The maximum atomic E-state index is 10.8. The average Bonchev–Trinajstić information content (AvgIpc) is 1.87. The van der Waals surface area contributed by atoms with Crippen LogP contribution in [0.4, 0.5) is 0 Å². The first kappa shape index (κ1) is 10.7. The van der Waals surface area contributed by atoms with E-state index in [1.807, 2.05) is 0 Å². The largest absolute Gasteiger partial charge is 0.335 e. The lowest BCUT2D eigenvalue weighted by Gasteiger charge is -2.07. The molecule has 0 fully saturated rings. The Morgan fingerprint density at radius 1 is 1.64 bits per heavy atom. The van der Waals surface area contributed by atoms with Crippen LogP contribution in [0.1, 0.15) is 13.3 Å². The first-order valence-electron chi connectivity index (χ1n) is 3.64. The minimum Gasteiger partial charge on any atom is -0.310 e. The Bertz CT molecular complexity index is 159. The standard InChI is InChI=1S/C7H15NO2P/c1-6(9)7(8-2)4-5-11(3)10/h7-8H,4-5H2,1-3H3/q+1. The number of ketones is 1. The molecule has 3 nitrogen and oxygen atoms in total. The molecule has 11 heavy (non-hydrogen) atoms. The molecule has 0 spiro atoms. The summed E-state index contributed by atoms with van der Waals surface area (Å²) in [7, 11) is 0.639. The number of likely N-dealkylation sites (N-methyl/N-ethyl adjacent to an activating group) is 1. The number of carbonyl (C=O) groups excluding carboxylic acids is 1. The molecule has 64 valence electrons. The molecule has 0 aliphatic carbocycles. The molecule has 0 saturated carbocycles. The molecule has 0 aliphatic heterocycles. The molecule has 4 heteroatoms. The molecule has 0 aromatic carbocycles. The summed E-state index contributed by atoms with van der Waals surface area (Å²) in [4.78, 5) is 10.8. The molecule has 0 aliphatic rings. The van der Waals surface area contributed by atoms with Crippen molar-refractivity contribution >= 4 is 13.6 Å². The van der Waals surface area contributed by atoms with E-state index in [4.69, 9.17) is 0 Å². The van der Waals surface area contributed by atoms with Crippen LogP contribution in [-0.4, -0.2) is 31.7 Å². The Labute approximate surface area is 68.3 Å². The highest BCUT2D eigenvalue weighted by atomic mass is 31.1. The van der Waals surface area contributed by atoms with Gasteiger partial charge in [0.1, 0.15) is 18.6 Å². The second-order valence-corrected chi connectivity index (χ2v) is 4.30. The second-order valence-electron chi connectivity index (χ2n) is 2.59. The summed E-state index contributed by atoms with van der Waals surface area (Å²) in [6.07, 6.45) is 1.30. The summed E-state index contributed by atoms with van der Waals surface area (Å²) in [5.74, 6) is 0.115. The Morgan fingerprint density at radius 3 is 2.45 bits per heavy atom. The van der Waals surface area contributed by atoms with E-state index in [-0.39, 0.29) is 11.8 Å². The van der Waals surface area contributed by atoms with Gasteiger partial charge in [0.05, 0.1) is 6.04 Å². The van der Waals surface area contributed by atoms with E-state index in [0.717, 1.165) is 0 Å². The van der Waals surface area contributed by atoms with Crippen LogP contribution in [0.5, 0.6) is 0 Å². The molecule has 0 bridgehead atoms. The van der Waals surface area contributed by atoms with Crippen molar-refractivity contribution in [3.63, 3.8) is 0 Å². The van der Waals surface area contributed by atoms with Gasteiger partial charge in [-0.15, -0.1) is 0 Å². The average molecular weight is 176 g/mol. The minimum absolute atomic E-state index is 0.115. The lowest BCUT2D eigenvalue weighted by Crippen LogP contribution is -2.32. The topological polar surface area (TPSA) is 46.2 Å². The third-order valence-corrected chi connectivity index (χ3v) is 2.46. The van der Waals surface area contributed by atoms with Gasteiger partial charge in [-0.2, -0.15) is 0 Å². The smallest absolute Gasteiger partial charge is 0.310 e. The first-order valence-corrected chi connectivity index (χ1v) is 5.53. The van der Waals surface area contributed by atoms with E-state index in [9.17, 15) is 9.36 Å². The predicted molar refractivity (Wildman–Crippen MR) is 46.5 cm³/mol. The number of hydrogen-bond acceptors (Lipinski definition) is 3. The van der Waals surface area contributed by atoms with E-state index >= 15 is 0 Å². The van der Waals surface area contributed by atoms with E-state index < -0.39 is 7.80 Å². The van der Waals surface area contributed by atoms with Crippen LogP contribution in [0.3, 0.4) is 0 Å². The number of hydrogen-bond donors (Lipinski definition) is 1. The summed E-state index contributed by atoms with van der Waals surface area (Å²) >= 11 is 0. The normalized spacial score (nSPS) is 14.3. The zero-order valence-corrected chi connectivity index (χ0v) is 8.15. The van der Waals surface area contributed by atoms with Gasteiger partial charge in [0, 0.05) is 6.42 Å². The molecule has 0 heterocycles. The highest BCUT2D eigenvalue weighted by molar-refractivity contribution is 7.43. The van der Waals surface area contributed by atoms with E-state index in [1.54, 1.807) is 20.6 Å². The van der Waals surface area contributed by atoms with Crippen LogP contribution in [0.25, 0.3) is 0 Å². The van der Waals surface area contributed by atoms with Crippen LogP contribution < -0.4 is 5.32 Å². The van der Waals surface area contributed by atoms with Gasteiger partial charge < -0.3 is 5.32 Å². The van der Waals surface area contributed by atoms with Crippen LogP contribution in [0.15, 0.2) is 0 Å². The molecule has 0 amide bonds. The molecule has 0 aromatic rings. The molecular formula is C7H15NO2P+. The summed E-state index contributed by atoms with van der Waals surface area (Å²) < 4.78 is 10.7. The van der Waals surface area contributed by atoms with Crippen molar-refractivity contribution < 1.29 is 9.36 Å². The third kappa shape index (κ3) is 5.05. The zero-order chi connectivity index (χ0) is 8.85. The van der Waals surface area contributed by atoms with Gasteiger partial charge in [-0.3, -0.25) is 4.79 Å². The van der Waals surface area contributed by atoms with Gasteiger partial charge in [0.15, 0.2) is 0 Å². The first-order chi connectivity index (χ1) is 5.07. The Morgan fingerprint density at radius 2 is 2.18 bits per heavy atom. The van der Waals surface area contributed by atoms with Crippen molar-refractivity contribution in [3.8, 4) is 0 Å². The van der Waals surface area contributed by atoms with Gasteiger partial charge in [-0.25, -0.2) is 0 Å². The molecule has 0 rings (SSSR count). The summed E-state index contributed by atoms with van der Waals surface area (Å²) in [5.41, 5.74) is 0. The van der Waals surface area contributed by atoms with Gasteiger partial charge in [-0.05, 0) is 14.0 Å². The van der Waals surface area contributed by atoms with E-state index in [1.165, 1.54) is 0 Å². The highest BCUT2D eigenvalue weighted by Crippen LogP contribution is 2.15. The molecule has 2 atom stereocenters. The van der Waals surface area contributed by atoms with Gasteiger partial charge in [0.2, 0.25) is 0 Å². The van der Waals surface area contributed by atoms with E-state index in [0.29, 0.717) is 12.6 Å². The van der Waals surface area contributed by atoms with Crippen molar-refractivity contribution in [3.05, 3.63) is 0 Å². The second kappa shape index (κ2) is 5.39. The zero-order valence-electron chi connectivity index (χ0n) is 7.26. The number of nitrogens with one attached hydrogen (secondary N) is 1. The molecule has 1 N–H and O–H groups in total. The highest BCUT2D eigenvalue weighted by Gasteiger charge is 2.15. The van der Waals surface area contributed by atoms with Crippen LogP contribution >= 0.6 is 7.80 Å².